The van der Waals surface area contributed by atoms with Crippen LogP contribution in [0.5, 0.6) is 0 Å². The van der Waals surface area contributed by atoms with Gasteiger partial charge >= 0.3 is 5.97 Å². The van der Waals surface area contributed by atoms with Crippen LogP contribution in [0.1, 0.15) is 77.4 Å². The SMILES string of the molecule is Cc1nc(C)c(C(OC(C)(C)C)C(=O)OC(C)C)c(N2CCC(C)(C#N)CC2)c1Br. The summed E-state index contributed by atoms with van der Waals surface area (Å²) in [6.07, 6.45) is 0.380. The summed E-state index contributed by atoms with van der Waals surface area (Å²) in [4.78, 5) is 20.0. The third-order valence-electron chi connectivity index (χ3n) is 5.26. The van der Waals surface area contributed by atoms with Crippen LogP contribution in [0.25, 0.3) is 0 Å². The van der Waals surface area contributed by atoms with Gasteiger partial charge in [0.25, 0.3) is 0 Å². The van der Waals surface area contributed by atoms with Crippen LogP contribution in [-0.4, -0.2) is 35.7 Å². The van der Waals surface area contributed by atoms with E-state index >= 15 is 0 Å². The molecule has 1 aromatic rings. The topological polar surface area (TPSA) is 75.5 Å². The van der Waals surface area contributed by atoms with Gasteiger partial charge in [0.05, 0.1) is 39.0 Å². The second-order valence-electron chi connectivity index (χ2n) is 9.61. The highest BCUT2D eigenvalue weighted by atomic mass is 79.9. The van der Waals surface area contributed by atoms with Crippen LogP contribution in [0.2, 0.25) is 0 Å². The van der Waals surface area contributed by atoms with Crippen LogP contribution in [0.15, 0.2) is 4.47 Å². The van der Waals surface area contributed by atoms with Gasteiger partial charge in [0.2, 0.25) is 0 Å². The van der Waals surface area contributed by atoms with Crippen molar-refractivity contribution in [3.63, 3.8) is 0 Å². The van der Waals surface area contributed by atoms with Gasteiger partial charge in [-0.1, -0.05) is 0 Å². The van der Waals surface area contributed by atoms with Crippen molar-refractivity contribution in [1.29, 1.82) is 5.26 Å². The highest BCUT2D eigenvalue weighted by Crippen LogP contribution is 2.43. The van der Waals surface area contributed by atoms with E-state index < -0.39 is 17.7 Å². The average Bonchev–Trinajstić information content (AvgIpc) is 2.62. The highest BCUT2D eigenvalue weighted by Gasteiger charge is 2.37. The zero-order valence-corrected chi connectivity index (χ0v) is 21.0. The maximum Gasteiger partial charge on any atom is 0.340 e. The molecule has 0 aliphatic carbocycles. The smallest absolute Gasteiger partial charge is 0.340 e. The number of anilines is 1. The molecule has 0 bridgehead atoms. The third kappa shape index (κ3) is 5.73. The van der Waals surface area contributed by atoms with Crippen LogP contribution in [0, 0.1) is 30.6 Å². The normalized spacial score (nSPS) is 17.6. The Labute approximate surface area is 189 Å². The minimum Gasteiger partial charge on any atom is -0.461 e. The van der Waals surface area contributed by atoms with Crippen LogP contribution in [0.4, 0.5) is 5.69 Å². The molecular weight excluding hydrogens is 446 g/mol. The Morgan fingerprint density at radius 3 is 2.27 bits per heavy atom. The van der Waals surface area contributed by atoms with Gasteiger partial charge in [-0.2, -0.15) is 5.26 Å². The average molecular weight is 480 g/mol. The second-order valence-corrected chi connectivity index (χ2v) is 10.4. The maximum absolute atomic E-state index is 13.1. The lowest BCUT2D eigenvalue weighted by atomic mass is 9.81. The summed E-state index contributed by atoms with van der Waals surface area (Å²) in [6.45, 7) is 16.7. The van der Waals surface area contributed by atoms with Gasteiger partial charge in [0.15, 0.2) is 6.10 Å². The van der Waals surface area contributed by atoms with E-state index in [1.165, 1.54) is 0 Å². The minimum atomic E-state index is -0.893. The Morgan fingerprint density at radius 2 is 1.80 bits per heavy atom. The van der Waals surface area contributed by atoms with Crippen LogP contribution in [-0.2, 0) is 14.3 Å². The number of hydrogen-bond acceptors (Lipinski definition) is 6. The molecule has 0 spiro atoms. The lowest BCUT2D eigenvalue weighted by Gasteiger charge is -2.39. The molecule has 1 fully saturated rings. The number of aromatic nitrogens is 1. The van der Waals surface area contributed by atoms with Crippen molar-refractivity contribution in [2.24, 2.45) is 5.41 Å². The maximum atomic E-state index is 13.1. The first-order chi connectivity index (χ1) is 13.8. The van der Waals surface area contributed by atoms with Crippen molar-refractivity contribution in [2.45, 2.75) is 86.0 Å². The number of carbonyl (C=O) groups excluding carboxylic acids is 1. The second kappa shape index (κ2) is 9.23. The fourth-order valence-corrected chi connectivity index (χ4v) is 4.21. The molecule has 0 radical (unpaired) electrons. The van der Waals surface area contributed by atoms with Gasteiger partial charge in [0, 0.05) is 24.3 Å². The number of piperidine rings is 1. The van der Waals surface area contributed by atoms with Crippen molar-refractivity contribution in [2.75, 3.05) is 18.0 Å². The highest BCUT2D eigenvalue weighted by molar-refractivity contribution is 9.10. The Morgan fingerprint density at radius 1 is 1.23 bits per heavy atom. The van der Waals surface area contributed by atoms with Gasteiger partial charge in [-0.05, 0) is 84.2 Å². The summed E-state index contributed by atoms with van der Waals surface area (Å²) in [5, 5.41) is 9.51. The van der Waals surface area contributed by atoms with E-state index in [1.807, 2.05) is 55.4 Å². The molecule has 1 saturated heterocycles. The fourth-order valence-electron chi connectivity index (χ4n) is 3.65. The van der Waals surface area contributed by atoms with E-state index in [4.69, 9.17) is 9.47 Å². The molecule has 6 nitrogen and oxygen atoms in total. The van der Waals surface area contributed by atoms with Crippen molar-refractivity contribution in [1.82, 2.24) is 4.98 Å². The Bertz CT molecular complexity index is 832. The van der Waals surface area contributed by atoms with Crippen molar-refractivity contribution in [3.05, 3.63) is 21.4 Å². The molecule has 7 heteroatoms. The number of hydrogen-bond donors (Lipinski definition) is 0. The molecular formula is C23H34BrN3O3. The van der Waals surface area contributed by atoms with Crippen LogP contribution < -0.4 is 4.90 Å². The molecule has 1 aliphatic rings. The van der Waals surface area contributed by atoms with Gasteiger partial charge in [-0.25, -0.2) is 4.79 Å². The fraction of sp³-hybridized carbons (Fsp3) is 0.696. The Kier molecular flexibility index (Phi) is 7.58. The minimum absolute atomic E-state index is 0.250. The molecule has 1 aliphatic heterocycles. The number of ether oxygens (including phenoxy) is 2. The zero-order chi connectivity index (χ0) is 22.9. The molecule has 1 aromatic heterocycles. The quantitative estimate of drug-likeness (QED) is 0.526. The Balaban J connectivity index is 2.60. The summed E-state index contributed by atoms with van der Waals surface area (Å²) in [5.74, 6) is -0.416. The predicted octanol–water partition coefficient (Wildman–Crippen LogP) is 5.40. The predicted molar refractivity (Wildman–Crippen MR) is 121 cm³/mol. The van der Waals surface area contributed by atoms with E-state index in [1.54, 1.807) is 0 Å². The van der Waals surface area contributed by atoms with Gasteiger partial charge in [0.1, 0.15) is 0 Å². The summed E-state index contributed by atoms with van der Waals surface area (Å²) >= 11 is 3.72. The van der Waals surface area contributed by atoms with Gasteiger partial charge in [-0.3, -0.25) is 4.98 Å². The number of esters is 1. The summed E-state index contributed by atoms with van der Waals surface area (Å²) in [6, 6.07) is 2.45. The van der Waals surface area contributed by atoms with Crippen molar-refractivity contribution in [3.8, 4) is 6.07 Å². The first-order valence-electron chi connectivity index (χ1n) is 10.5. The van der Waals surface area contributed by atoms with Crippen molar-refractivity contribution >= 4 is 27.6 Å². The number of aryl methyl sites for hydroxylation is 2. The molecule has 0 aromatic carbocycles. The standard InChI is InChI=1S/C23H34BrN3O3/c1-14(2)29-21(28)20(30-22(5,6)7)17-15(3)26-16(4)18(24)19(17)27-11-9-23(8,13-25)10-12-27/h14,20H,9-12H2,1-8H3. The van der Waals surface area contributed by atoms with E-state index in [0.717, 1.165) is 53.0 Å². The largest absolute Gasteiger partial charge is 0.461 e. The van der Waals surface area contributed by atoms with Crippen LogP contribution >= 0.6 is 15.9 Å². The van der Waals surface area contributed by atoms with E-state index in [2.05, 4.69) is 31.9 Å². The summed E-state index contributed by atoms with van der Waals surface area (Å²) < 4.78 is 12.7. The number of rotatable bonds is 5. The number of carbonyl (C=O) groups is 1. The molecule has 2 rings (SSSR count). The Hall–Kier alpha value is -1.65. The van der Waals surface area contributed by atoms with Crippen molar-refractivity contribution < 1.29 is 14.3 Å². The molecule has 30 heavy (non-hydrogen) atoms. The molecule has 1 atom stereocenters. The molecule has 0 N–H and O–H groups in total. The molecule has 166 valence electrons. The molecule has 1 unspecified atom stereocenters. The van der Waals surface area contributed by atoms with E-state index in [-0.39, 0.29) is 11.5 Å². The van der Waals surface area contributed by atoms with Crippen LogP contribution in [0.3, 0.4) is 0 Å². The zero-order valence-electron chi connectivity index (χ0n) is 19.4. The van der Waals surface area contributed by atoms with E-state index in [9.17, 15) is 10.1 Å². The number of pyridine rings is 1. The molecule has 2 heterocycles. The number of halogens is 1. The number of nitrogens with zero attached hydrogens (tertiary/aromatic N) is 3. The molecule has 0 amide bonds. The third-order valence-corrected chi connectivity index (χ3v) is 6.21. The first-order valence-corrected chi connectivity index (χ1v) is 11.3. The monoisotopic (exact) mass is 479 g/mol. The summed E-state index contributed by atoms with van der Waals surface area (Å²) in [7, 11) is 0. The van der Waals surface area contributed by atoms with E-state index in [0.29, 0.717) is 0 Å². The molecule has 0 saturated carbocycles. The lowest BCUT2D eigenvalue weighted by molar-refractivity contribution is -0.171. The lowest BCUT2D eigenvalue weighted by Crippen LogP contribution is -2.40. The van der Waals surface area contributed by atoms with Gasteiger partial charge < -0.3 is 14.4 Å². The number of nitriles is 1. The summed E-state index contributed by atoms with van der Waals surface area (Å²) in [5.41, 5.74) is 2.37. The van der Waals surface area contributed by atoms with Gasteiger partial charge in [-0.15, -0.1) is 0 Å². The first kappa shape index (κ1) is 24.6.